The second kappa shape index (κ2) is 19.1. The van der Waals surface area contributed by atoms with Crippen molar-refractivity contribution in [3.63, 3.8) is 0 Å². The van der Waals surface area contributed by atoms with Gasteiger partial charge in [0.1, 0.15) is 22.6 Å². The maximum atomic E-state index is 13.4. The lowest BCUT2D eigenvalue weighted by Crippen LogP contribution is -2.56. The summed E-state index contributed by atoms with van der Waals surface area (Å²) in [5, 5.41) is 19.7. The molecular formula is C44H42Cl4N4O8S. The Bertz CT molecular complexity index is 2280. The molecule has 61 heavy (non-hydrogen) atoms. The molecule has 6 rings (SSSR count). The zero-order valence-corrected chi connectivity index (χ0v) is 36.9. The Morgan fingerprint density at radius 1 is 0.607 bits per heavy atom. The van der Waals surface area contributed by atoms with Gasteiger partial charge in [-0.2, -0.15) is 0 Å². The van der Waals surface area contributed by atoms with E-state index in [4.69, 9.17) is 67.3 Å². The molecule has 4 aromatic carbocycles. The molecule has 0 atom stereocenters. The van der Waals surface area contributed by atoms with Crippen LogP contribution in [-0.4, -0.2) is 95.2 Å². The summed E-state index contributed by atoms with van der Waals surface area (Å²) in [6, 6.07) is 18.2. The molecule has 6 N–H and O–H groups in total. The largest absolute Gasteiger partial charge is 0.496 e. The van der Waals surface area contributed by atoms with E-state index in [0.29, 0.717) is 54.7 Å². The lowest BCUT2D eigenvalue weighted by atomic mass is 9.89. The number of hydrogen-bond donors (Lipinski definition) is 4. The fourth-order valence-corrected chi connectivity index (χ4v) is 9.37. The SMILES string of the molecule is COc1ccccc1-c1cc(Sc2cc(-c3ccccc3OC)c(/C=C/C(=O)N3CCC(N)(C(=O)O)CC3)c(Cl)c2Cl)c(Cl)c(Cl)c1/C=C/C(=O)N1CCC(N)(C(=O)O)CC1. The monoisotopic (exact) mass is 926 g/mol. The van der Waals surface area contributed by atoms with Crippen molar-refractivity contribution in [2.24, 2.45) is 11.5 Å². The molecule has 0 saturated carbocycles. The topological polar surface area (TPSA) is 186 Å². The molecule has 0 aliphatic carbocycles. The number of nitrogens with zero attached hydrogens (tertiary/aromatic N) is 2. The number of halogens is 4. The van der Waals surface area contributed by atoms with Gasteiger partial charge in [0.25, 0.3) is 0 Å². The smallest absolute Gasteiger partial charge is 0.323 e. The van der Waals surface area contributed by atoms with Gasteiger partial charge in [-0.15, -0.1) is 0 Å². The second-order valence-electron chi connectivity index (χ2n) is 14.7. The fraction of sp³-hybridized carbons (Fsp3) is 0.273. The standard InChI is InChI=1S/C44H42Cl4N4O8S/c1-59-31-9-5-3-7-25(31)29-23-33(39(47)37(45)27(29)11-13-35(53)51-19-15-43(49,16-20-51)41(55)56)61-34-24-30(26-8-4-6-10-32(26)60-2)28(38(46)40(34)48)12-14-36(54)52-21-17-44(50,18-22-52)42(57)58/h3-14,23-24H,15-22,49-50H2,1-2H3,(H,55,56)(H,57,58)/b13-11+,14-12+. The van der Waals surface area contributed by atoms with Crippen molar-refractivity contribution in [2.45, 2.75) is 46.6 Å². The van der Waals surface area contributed by atoms with Gasteiger partial charge in [-0.3, -0.25) is 19.2 Å². The summed E-state index contributed by atoms with van der Waals surface area (Å²) in [6.07, 6.45) is 6.32. The zero-order valence-electron chi connectivity index (χ0n) is 33.1. The summed E-state index contributed by atoms with van der Waals surface area (Å²) in [5.74, 6) is -1.85. The van der Waals surface area contributed by atoms with Crippen molar-refractivity contribution in [1.29, 1.82) is 0 Å². The molecule has 320 valence electrons. The molecule has 2 amide bonds. The molecule has 4 aromatic rings. The lowest BCUT2D eigenvalue weighted by molar-refractivity contribution is -0.147. The molecule has 0 unspecified atom stereocenters. The number of para-hydroxylation sites is 2. The average molecular weight is 929 g/mol. The Hall–Kier alpha value is -4.73. The Morgan fingerprint density at radius 3 is 1.28 bits per heavy atom. The Balaban J connectivity index is 1.40. The first-order valence-corrected chi connectivity index (χ1v) is 21.3. The first-order valence-electron chi connectivity index (χ1n) is 19.0. The first kappa shape index (κ1) is 45.8. The van der Waals surface area contributed by atoms with Gasteiger partial charge in [0.15, 0.2) is 0 Å². The van der Waals surface area contributed by atoms with Gasteiger partial charge in [0, 0.05) is 70.4 Å². The maximum Gasteiger partial charge on any atom is 0.323 e. The van der Waals surface area contributed by atoms with Crippen LogP contribution in [-0.2, 0) is 19.2 Å². The van der Waals surface area contributed by atoms with Gasteiger partial charge in [-0.05, 0) is 73.2 Å². The van der Waals surface area contributed by atoms with Gasteiger partial charge < -0.3 is 41.0 Å². The van der Waals surface area contributed by atoms with Crippen molar-refractivity contribution >= 4 is 94.1 Å². The van der Waals surface area contributed by atoms with E-state index < -0.39 is 23.0 Å². The number of carboxylic acids is 2. The van der Waals surface area contributed by atoms with Crippen molar-refractivity contribution in [2.75, 3.05) is 40.4 Å². The summed E-state index contributed by atoms with van der Waals surface area (Å²) in [6.45, 7) is 0.678. The van der Waals surface area contributed by atoms with Crippen LogP contribution in [0.25, 0.3) is 34.4 Å². The lowest BCUT2D eigenvalue weighted by Gasteiger charge is -2.35. The highest BCUT2D eigenvalue weighted by Crippen LogP contribution is 2.50. The molecule has 2 heterocycles. The second-order valence-corrected chi connectivity index (χ2v) is 17.3. The number of rotatable bonds is 12. The zero-order chi connectivity index (χ0) is 44.2. The highest BCUT2D eigenvalue weighted by atomic mass is 35.5. The first-order chi connectivity index (χ1) is 29.0. The van der Waals surface area contributed by atoms with E-state index in [1.165, 1.54) is 47.9 Å². The molecule has 2 aliphatic heterocycles. The van der Waals surface area contributed by atoms with E-state index in [1.807, 2.05) is 48.5 Å². The number of carboxylic acid groups (broad SMARTS) is 2. The minimum absolute atomic E-state index is 0.109. The van der Waals surface area contributed by atoms with Crippen LogP contribution in [0.1, 0.15) is 36.8 Å². The van der Waals surface area contributed by atoms with E-state index in [1.54, 1.807) is 24.3 Å². The molecule has 17 heteroatoms. The molecule has 2 saturated heterocycles. The number of benzene rings is 4. The van der Waals surface area contributed by atoms with Crippen LogP contribution in [0.15, 0.2) is 82.6 Å². The van der Waals surface area contributed by atoms with E-state index in [2.05, 4.69) is 0 Å². The third-order valence-corrected chi connectivity index (χ3v) is 14.1. The van der Waals surface area contributed by atoms with Crippen LogP contribution in [0.5, 0.6) is 11.5 Å². The summed E-state index contributed by atoms with van der Waals surface area (Å²) in [5.41, 5.74) is 12.6. The van der Waals surface area contributed by atoms with Crippen LogP contribution < -0.4 is 20.9 Å². The number of carbonyl (C=O) groups is 4. The number of ether oxygens (including phenoxy) is 2. The minimum atomic E-state index is -1.39. The van der Waals surface area contributed by atoms with Gasteiger partial charge in [-0.1, -0.05) is 94.6 Å². The molecule has 2 aliphatic rings. The highest BCUT2D eigenvalue weighted by Gasteiger charge is 2.39. The molecule has 0 radical (unpaired) electrons. The van der Waals surface area contributed by atoms with Crippen molar-refractivity contribution in [1.82, 2.24) is 9.80 Å². The number of aliphatic carboxylic acids is 2. The third kappa shape index (κ3) is 9.68. The van der Waals surface area contributed by atoms with Crippen LogP contribution in [0, 0.1) is 0 Å². The van der Waals surface area contributed by atoms with Crippen molar-refractivity contribution in [3.8, 4) is 33.8 Å². The van der Waals surface area contributed by atoms with Gasteiger partial charge in [0.05, 0.1) is 34.3 Å². The Morgan fingerprint density at radius 2 is 0.951 bits per heavy atom. The summed E-state index contributed by atoms with van der Waals surface area (Å²) in [7, 11) is 3.08. The van der Waals surface area contributed by atoms with E-state index >= 15 is 0 Å². The van der Waals surface area contributed by atoms with Crippen molar-refractivity contribution < 1.29 is 38.9 Å². The number of carbonyl (C=O) groups excluding carboxylic acids is 2. The molecule has 0 bridgehead atoms. The summed E-state index contributed by atoms with van der Waals surface area (Å²) >= 11 is 29.5. The predicted octanol–water partition coefficient (Wildman–Crippen LogP) is 8.64. The number of hydrogen-bond acceptors (Lipinski definition) is 9. The molecule has 12 nitrogen and oxygen atoms in total. The Kier molecular flexibility index (Phi) is 14.4. The molecule has 0 aromatic heterocycles. The van der Waals surface area contributed by atoms with Crippen LogP contribution >= 0.6 is 58.2 Å². The number of likely N-dealkylation sites (tertiary alicyclic amines) is 2. The number of methoxy groups -OCH3 is 2. The molecule has 2 fully saturated rings. The number of piperidine rings is 2. The highest BCUT2D eigenvalue weighted by molar-refractivity contribution is 7.99. The average Bonchev–Trinajstić information content (AvgIpc) is 3.26. The summed E-state index contributed by atoms with van der Waals surface area (Å²) < 4.78 is 11.4. The van der Waals surface area contributed by atoms with Gasteiger partial charge in [0.2, 0.25) is 11.8 Å². The fourth-order valence-electron chi connectivity index (χ4n) is 7.21. The van der Waals surface area contributed by atoms with E-state index in [9.17, 15) is 29.4 Å². The van der Waals surface area contributed by atoms with Crippen molar-refractivity contribution in [3.05, 3.63) is 104 Å². The molecule has 0 spiro atoms. The van der Waals surface area contributed by atoms with Gasteiger partial charge >= 0.3 is 11.9 Å². The van der Waals surface area contributed by atoms with Crippen LogP contribution in [0.2, 0.25) is 20.1 Å². The van der Waals surface area contributed by atoms with E-state index in [-0.39, 0.29) is 83.8 Å². The Labute approximate surface area is 377 Å². The quantitative estimate of drug-likeness (QED) is 0.0997. The van der Waals surface area contributed by atoms with Gasteiger partial charge in [-0.25, -0.2) is 0 Å². The predicted molar refractivity (Wildman–Crippen MR) is 240 cm³/mol. The van der Waals surface area contributed by atoms with E-state index in [0.717, 1.165) is 0 Å². The van der Waals surface area contributed by atoms with Crippen LogP contribution in [0.4, 0.5) is 0 Å². The third-order valence-electron chi connectivity index (χ3n) is 11.0. The minimum Gasteiger partial charge on any atom is -0.496 e. The maximum absolute atomic E-state index is 13.4. The number of nitrogens with two attached hydrogens (primary N) is 2. The molecular weight excluding hydrogens is 886 g/mol. The van der Waals surface area contributed by atoms with Crippen LogP contribution in [0.3, 0.4) is 0 Å². The normalized spacial score (nSPS) is 16.2. The number of amides is 2. The summed E-state index contributed by atoms with van der Waals surface area (Å²) in [4.78, 5) is 54.1.